The SMILES string of the molecule is O=C(c1c(F)cccc1F)N(CCN1CCOCC1)C1CCOCC1. The molecule has 2 heterocycles. The second kappa shape index (κ2) is 8.69. The van der Waals surface area contributed by atoms with Gasteiger partial charge in [0.05, 0.1) is 13.2 Å². The first kappa shape index (κ1) is 18.2. The third-order valence-corrected chi connectivity index (χ3v) is 4.83. The van der Waals surface area contributed by atoms with Crippen LogP contribution in [0.2, 0.25) is 0 Å². The van der Waals surface area contributed by atoms with Crippen LogP contribution in [0, 0.1) is 11.6 Å². The smallest absolute Gasteiger partial charge is 0.260 e. The molecule has 7 heteroatoms. The average molecular weight is 354 g/mol. The number of ether oxygens (including phenoxy) is 2. The monoisotopic (exact) mass is 354 g/mol. The van der Waals surface area contributed by atoms with Gasteiger partial charge in [0.1, 0.15) is 17.2 Å². The van der Waals surface area contributed by atoms with Crippen molar-refractivity contribution in [2.24, 2.45) is 0 Å². The molecule has 138 valence electrons. The minimum absolute atomic E-state index is 0.0544. The van der Waals surface area contributed by atoms with Crippen molar-refractivity contribution >= 4 is 5.91 Å². The van der Waals surface area contributed by atoms with Gasteiger partial charge in [-0.05, 0) is 25.0 Å². The van der Waals surface area contributed by atoms with Crippen LogP contribution >= 0.6 is 0 Å². The largest absolute Gasteiger partial charge is 0.381 e. The summed E-state index contributed by atoms with van der Waals surface area (Å²) in [6.45, 7) is 5.20. The number of halogens is 2. The maximum Gasteiger partial charge on any atom is 0.260 e. The van der Waals surface area contributed by atoms with Crippen LogP contribution in [-0.4, -0.2) is 74.4 Å². The summed E-state index contributed by atoms with van der Waals surface area (Å²) in [4.78, 5) is 16.8. The van der Waals surface area contributed by atoms with Crippen LogP contribution in [0.3, 0.4) is 0 Å². The molecule has 0 unspecified atom stereocenters. The van der Waals surface area contributed by atoms with Gasteiger partial charge in [-0.2, -0.15) is 0 Å². The first-order valence-corrected chi connectivity index (χ1v) is 8.79. The van der Waals surface area contributed by atoms with Crippen molar-refractivity contribution in [1.82, 2.24) is 9.80 Å². The minimum atomic E-state index is -0.812. The molecule has 0 atom stereocenters. The molecule has 1 aromatic rings. The van der Waals surface area contributed by atoms with E-state index < -0.39 is 23.1 Å². The highest BCUT2D eigenvalue weighted by molar-refractivity contribution is 5.95. The molecule has 2 saturated heterocycles. The summed E-state index contributed by atoms with van der Waals surface area (Å²) in [5.41, 5.74) is -0.462. The predicted molar refractivity (Wildman–Crippen MR) is 88.5 cm³/mol. The fourth-order valence-corrected chi connectivity index (χ4v) is 3.37. The lowest BCUT2D eigenvalue weighted by Gasteiger charge is -2.36. The van der Waals surface area contributed by atoms with E-state index in [2.05, 4.69) is 4.90 Å². The van der Waals surface area contributed by atoms with E-state index in [0.29, 0.717) is 52.4 Å². The molecule has 5 nitrogen and oxygen atoms in total. The lowest BCUT2D eigenvalue weighted by molar-refractivity contribution is 0.0138. The Morgan fingerprint density at radius 1 is 1.08 bits per heavy atom. The van der Waals surface area contributed by atoms with Gasteiger partial charge in [-0.15, -0.1) is 0 Å². The number of hydrogen-bond donors (Lipinski definition) is 0. The quantitative estimate of drug-likeness (QED) is 0.810. The van der Waals surface area contributed by atoms with Crippen LogP contribution in [0.25, 0.3) is 0 Å². The van der Waals surface area contributed by atoms with Gasteiger partial charge in [0.25, 0.3) is 5.91 Å². The third-order valence-electron chi connectivity index (χ3n) is 4.83. The summed E-state index contributed by atoms with van der Waals surface area (Å²) in [7, 11) is 0. The molecule has 2 aliphatic rings. The number of nitrogens with zero attached hydrogens (tertiary/aromatic N) is 2. The van der Waals surface area contributed by atoms with Gasteiger partial charge in [-0.1, -0.05) is 6.07 Å². The van der Waals surface area contributed by atoms with Crippen LogP contribution in [0.4, 0.5) is 8.78 Å². The maximum absolute atomic E-state index is 14.1. The Morgan fingerprint density at radius 2 is 1.68 bits per heavy atom. The van der Waals surface area contributed by atoms with Gasteiger partial charge in [-0.3, -0.25) is 9.69 Å². The van der Waals surface area contributed by atoms with Crippen LogP contribution < -0.4 is 0 Å². The molecule has 0 radical (unpaired) electrons. The lowest BCUT2D eigenvalue weighted by Crippen LogP contribution is -2.48. The predicted octanol–water partition coefficient (Wildman–Crippen LogP) is 1.92. The van der Waals surface area contributed by atoms with Gasteiger partial charge in [-0.25, -0.2) is 8.78 Å². The highest BCUT2D eigenvalue weighted by Crippen LogP contribution is 2.21. The summed E-state index contributed by atoms with van der Waals surface area (Å²) >= 11 is 0. The number of hydrogen-bond acceptors (Lipinski definition) is 4. The topological polar surface area (TPSA) is 42.0 Å². The molecule has 0 saturated carbocycles. The molecule has 0 spiro atoms. The van der Waals surface area contributed by atoms with Crippen LogP contribution in [0.1, 0.15) is 23.2 Å². The first-order chi connectivity index (χ1) is 12.2. The summed E-state index contributed by atoms with van der Waals surface area (Å²) in [6, 6.07) is 3.47. The Morgan fingerprint density at radius 3 is 2.32 bits per heavy atom. The molecule has 3 rings (SSSR count). The maximum atomic E-state index is 14.1. The zero-order chi connectivity index (χ0) is 17.6. The molecular weight excluding hydrogens is 330 g/mol. The Bertz CT molecular complexity index is 567. The minimum Gasteiger partial charge on any atom is -0.381 e. The molecule has 25 heavy (non-hydrogen) atoms. The number of morpholine rings is 1. The Balaban J connectivity index is 1.76. The third kappa shape index (κ3) is 4.54. The van der Waals surface area contributed by atoms with Crippen molar-refractivity contribution < 1.29 is 23.0 Å². The first-order valence-electron chi connectivity index (χ1n) is 8.79. The van der Waals surface area contributed by atoms with Crippen molar-refractivity contribution in [2.45, 2.75) is 18.9 Å². The van der Waals surface area contributed by atoms with Crippen LogP contribution in [-0.2, 0) is 9.47 Å². The van der Waals surface area contributed by atoms with Gasteiger partial charge in [0.2, 0.25) is 0 Å². The molecule has 0 aromatic heterocycles. The number of carbonyl (C=O) groups excluding carboxylic acids is 1. The van der Waals surface area contributed by atoms with Crippen LogP contribution in [0.5, 0.6) is 0 Å². The summed E-state index contributed by atoms with van der Waals surface area (Å²) in [5, 5.41) is 0. The van der Waals surface area contributed by atoms with Gasteiger partial charge in [0, 0.05) is 45.4 Å². The van der Waals surface area contributed by atoms with E-state index in [9.17, 15) is 13.6 Å². The van der Waals surface area contributed by atoms with E-state index in [1.54, 1.807) is 4.90 Å². The Kier molecular flexibility index (Phi) is 6.34. The van der Waals surface area contributed by atoms with Crippen molar-refractivity contribution in [2.75, 3.05) is 52.6 Å². The zero-order valence-corrected chi connectivity index (χ0v) is 14.3. The molecular formula is C18H24F2N2O3. The van der Waals surface area contributed by atoms with Gasteiger partial charge < -0.3 is 14.4 Å². The second-order valence-corrected chi connectivity index (χ2v) is 6.39. The van der Waals surface area contributed by atoms with E-state index in [-0.39, 0.29) is 6.04 Å². The van der Waals surface area contributed by atoms with Crippen molar-refractivity contribution in [3.63, 3.8) is 0 Å². The average Bonchev–Trinajstić information content (AvgIpc) is 2.63. The van der Waals surface area contributed by atoms with Crippen molar-refractivity contribution in [1.29, 1.82) is 0 Å². The van der Waals surface area contributed by atoms with E-state index in [1.807, 2.05) is 0 Å². The molecule has 0 N–H and O–H groups in total. The number of rotatable bonds is 5. The number of amides is 1. The summed E-state index contributed by atoms with van der Waals surface area (Å²) < 4.78 is 38.9. The summed E-state index contributed by atoms with van der Waals surface area (Å²) in [5.74, 6) is -2.20. The van der Waals surface area contributed by atoms with E-state index >= 15 is 0 Å². The lowest BCUT2D eigenvalue weighted by atomic mass is 10.0. The van der Waals surface area contributed by atoms with Gasteiger partial charge >= 0.3 is 0 Å². The molecule has 2 aliphatic heterocycles. The molecule has 0 bridgehead atoms. The van der Waals surface area contributed by atoms with Crippen LogP contribution in [0.15, 0.2) is 18.2 Å². The van der Waals surface area contributed by atoms with Gasteiger partial charge in [0.15, 0.2) is 0 Å². The fourth-order valence-electron chi connectivity index (χ4n) is 3.37. The number of benzene rings is 1. The highest BCUT2D eigenvalue weighted by Gasteiger charge is 2.30. The van der Waals surface area contributed by atoms with E-state index in [1.165, 1.54) is 6.07 Å². The molecule has 1 amide bonds. The number of carbonyl (C=O) groups is 1. The fraction of sp³-hybridized carbons (Fsp3) is 0.611. The van der Waals surface area contributed by atoms with E-state index in [0.717, 1.165) is 25.2 Å². The Hall–Kier alpha value is -1.57. The summed E-state index contributed by atoms with van der Waals surface area (Å²) in [6.07, 6.45) is 1.37. The van der Waals surface area contributed by atoms with Crippen molar-refractivity contribution in [3.8, 4) is 0 Å². The van der Waals surface area contributed by atoms with E-state index in [4.69, 9.17) is 9.47 Å². The standard InChI is InChI=1S/C18H24F2N2O3/c19-15-2-1-3-16(20)17(15)18(23)22(14-4-10-24-11-5-14)7-6-21-8-12-25-13-9-21/h1-3,14H,4-13H2. The second-order valence-electron chi connectivity index (χ2n) is 6.39. The molecule has 1 aromatic carbocycles. The molecule has 0 aliphatic carbocycles. The zero-order valence-electron chi connectivity index (χ0n) is 14.3. The highest BCUT2D eigenvalue weighted by atomic mass is 19.1. The Labute approximate surface area is 146 Å². The molecule has 2 fully saturated rings. The normalized spacial score (nSPS) is 19.8. The van der Waals surface area contributed by atoms with Crippen molar-refractivity contribution in [3.05, 3.63) is 35.4 Å².